The second kappa shape index (κ2) is 26.4. The fraction of sp³-hybridized carbons (Fsp3) is 0.333. The van der Waals surface area contributed by atoms with Crippen LogP contribution < -0.4 is 0 Å². The molecule has 66 heavy (non-hydrogen) atoms. The molecule has 0 nitrogen and oxygen atoms in total. The van der Waals surface area contributed by atoms with Gasteiger partial charge >= 0.3 is 0 Å². The van der Waals surface area contributed by atoms with Gasteiger partial charge in [-0.3, -0.25) is 0 Å². The zero-order valence-electron chi connectivity index (χ0n) is 42.1. The zero-order valence-corrected chi connectivity index (χ0v) is 42.1. The summed E-state index contributed by atoms with van der Waals surface area (Å²) in [4.78, 5) is 0. The van der Waals surface area contributed by atoms with Gasteiger partial charge in [-0.2, -0.15) is 0 Å². The lowest BCUT2D eigenvalue weighted by atomic mass is 9.79. The summed E-state index contributed by atoms with van der Waals surface area (Å²) in [7, 11) is 0. The molecule has 0 N–H and O–H groups in total. The molecule has 5 atom stereocenters. The van der Waals surface area contributed by atoms with Crippen molar-refractivity contribution in [2.45, 2.75) is 126 Å². The van der Waals surface area contributed by atoms with Crippen LogP contribution in [0.2, 0.25) is 0 Å². The molecule has 0 aliphatic heterocycles. The van der Waals surface area contributed by atoms with Gasteiger partial charge in [0.15, 0.2) is 0 Å². The Kier molecular flexibility index (Phi) is 20.5. The van der Waals surface area contributed by atoms with E-state index < -0.39 is 0 Å². The second-order valence-corrected chi connectivity index (χ2v) is 18.9. The molecule has 0 bridgehead atoms. The topological polar surface area (TPSA) is 0 Å². The molecule has 0 aromatic heterocycles. The minimum absolute atomic E-state index is 0.466. The first-order chi connectivity index (χ1) is 31.9. The van der Waals surface area contributed by atoms with E-state index in [1.165, 1.54) is 80.5 Å². The smallest absolute Gasteiger partial charge is 0.00842 e. The molecule has 0 heteroatoms. The predicted molar refractivity (Wildman–Crippen MR) is 294 cm³/mol. The Morgan fingerprint density at radius 3 is 2.02 bits per heavy atom. The fourth-order valence-corrected chi connectivity index (χ4v) is 9.36. The van der Waals surface area contributed by atoms with E-state index >= 15 is 0 Å². The molecule has 5 aromatic carbocycles. The normalized spacial score (nSPS) is 16.9. The van der Waals surface area contributed by atoms with Gasteiger partial charge in [0.25, 0.3) is 0 Å². The Hall–Kier alpha value is -5.72. The summed E-state index contributed by atoms with van der Waals surface area (Å²) in [5.41, 5.74) is 19.2. The largest absolute Gasteiger partial charge is 0.0950 e. The van der Waals surface area contributed by atoms with Crippen LogP contribution in [0.4, 0.5) is 0 Å². The minimum Gasteiger partial charge on any atom is -0.0950 e. The van der Waals surface area contributed by atoms with Crippen molar-refractivity contribution in [3.05, 3.63) is 239 Å². The summed E-state index contributed by atoms with van der Waals surface area (Å²) >= 11 is 0. The van der Waals surface area contributed by atoms with Crippen molar-refractivity contribution in [1.82, 2.24) is 0 Å². The van der Waals surface area contributed by atoms with Crippen LogP contribution in [0.15, 0.2) is 189 Å². The lowest BCUT2D eigenvalue weighted by molar-refractivity contribution is 0.608. The van der Waals surface area contributed by atoms with Crippen molar-refractivity contribution < 1.29 is 0 Å². The summed E-state index contributed by atoms with van der Waals surface area (Å²) in [5.74, 6) is 2.77. The van der Waals surface area contributed by atoms with Gasteiger partial charge in [0.1, 0.15) is 0 Å². The molecular formula is C66H80. The third kappa shape index (κ3) is 14.6. The summed E-state index contributed by atoms with van der Waals surface area (Å²) in [6.07, 6.45) is 25.2. The quantitative estimate of drug-likeness (QED) is 0.0867. The molecule has 0 saturated heterocycles. The van der Waals surface area contributed by atoms with Crippen LogP contribution in [-0.2, 0) is 6.42 Å². The van der Waals surface area contributed by atoms with Crippen molar-refractivity contribution in [1.29, 1.82) is 0 Å². The standard InChI is InChI=1S/C37H42.C17H22.C12H16/c1-6-14-33(25-30(5)32-16-8-7-9-17-32)34-24-27(2)23-31(26-34)22-21-29(4)36-19-12-13-20-37(36)35-18-11-10-15-28(35)3;1-4-13(2)15-10-7-8-12-17(15)16-11-6-5-9-14(16)3;1-4-10(2)11(3)12-8-6-5-7-9-12/h7-13,15-20,23-26,28-29,35H,5-6,14,21-22H2,1-4H3;5-7,9-11,13H,4,8,12H2,1-3H3;5-10H,3-4H2,1-2H3/b33-25+;;. The van der Waals surface area contributed by atoms with E-state index in [2.05, 4.69) is 239 Å². The van der Waals surface area contributed by atoms with E-state index in [1.54, 1.807) is 11.1 Å². The van der Waals surface area contributed by atoms with Crippen LogP contribution in [0.1, 0.15) is 155 Å². The Morgan fingerprint density at radius 2 is 1.35 bits per heavy atom. The molecule has 0 heterocycles. The highest BCUT2D eigenvalue weighted by atomic mass is 14.3. The van der Waals surface area contributed by atoms with Crippen molar-refractivity contribution in [2.24, 2.45) is 17.8 Å². The van der Waals surface area contributed by atoms with E-state index in [1.807, 2.05) is 6.07 Å². The first-order valence-corrected chi connectivity index (χ1v) is 25.1. The highest BCUT2D eigenvalue weighted by Crippen LogP contribution is 2.37. The van der Waals surface area contributed by atoms with E-state index in [4.69, 9.17) is 0 Å². The lowest BCUT2D eigenvalue weighted by Crippen LogP contribution is -2.11. The van der Waals surface area contributed by atoms with Gasteiger partial charge in [-0.25, -0.2) is 0 Å². The van der Waals surface area contributed by atoms with Gasteiger partial charge in [-0.1, -0.05) is 244 Å². The average Bonchev–Trinajstić information content (AvgIpc) is 3.35. The molecule has 5 aromatic rings. The number of rotatable bonds is 16. The third-order valence-electron chi connectivity index (χ3n) is 13.9. The number of hydrogen-bond donors (Lipinski definition) is 0. The number of aryl methyl sites for hydroxylation is 3. The van der Waals surface area contributed by atoms with Gasteiger partial charge in [-0.15, -0.1) is 0 Å². The number of benzene rings is 5. The molecule has 5 unspecified atom stereocenters. The maximum Gasteiger partial charge on any atom is 0.00842 e. The summed E-state index contributed by atoms with van der Waals surface area (Å²) in [6, 6.07) is 45.9. The minimum atomic E-state index is 0.466. The van der Waals surface area contributed by atoms with Crippen molar-refractivity contribution in [2.75, 3.05) is 0 Å². The van der Waals surface area contributed by atoms with E-state index in [0.717, 1.165) is 37.7 Å². The van der Waals surface area contributed by atoms with Crippen molar-refractivity contribution in [3.8, 4) is 0 Å². The Morgan fingerprint density at radius 1 is 0.697 bits per heavy atom. The maximum atomic E-state index is 4.38. The predicted octanol–water partition coefficient (Wildman–Crippen LogP) is 19.4. The second-order valence-electron chi connectivity index (χ2n) is 18.9. The highest BCUT2D eigenvalue weighted by Gasteiger charge is 2.22. The lowest BCUT2D eigenvalue weighted by Gasteiger charge is -2.26. The molecule has 0 spiro atoms. The van der Waals surface area contributed by atoms with Gasteiger partial charge in [0, 0.05) is 5.92 Å². The number of hydrogen-bond acceptors (Lipinski definition) is 0. The van der Waals surface area contributed by atoms with Crippen LogP contribution in [0.5, 0.6) is 0 Å². The summed E-state index contributed by atoms with van der Waals surface area (Å²) < 4.78 is 0. The molecule has 344 valence electrons. The average molecular weight is 873 g/mol. The SMILES string of the molecule is C=C(/C=C(\CCC)c1cc(C)cc(CCC(C)c2ccccc2C2C=CC=CC2C)c1)c1ccccc1.C=C(c1ccccc1)C(C)CC.CCC(C)C1=C(c2ccccc2C)CCC=C1. The zero-order chi connectivity index (χ0) is 47.4. The molecule has 0 amide bonds. The monoisotopic (exact) mass is 873 g/mol. The van der Waals surface area contributed by atoms with E-state index in [-0.39, 0.29) is 0 Å². The van der Waals surface area contributed by atoms with Gasteiger partial charge in [0.05, 0.1) is 0 Å². The molecule has 0 fully saturated rings. The van der Waals surface area contributed by atoms with Crippen LogP contribution in [0, 0.1) is 31.6 Å². The molecule has 0 saturated carbocycles. The van der Waals surface area contributed by atoms with Gasteiger partial charge in [-0.05, 0) is 155 Å². The fourth-order valence-electron chi connectivity index (χ4n) is 9.36. The van der Waals surface area contributed by atoms with Crippen LogP contribution >= 0.6 is 0 Å². The Bertz CT molecular complexity index is 2460. The van der Waals surface area contributed by atoms with Gasteiger partial charge in [0.2, 0.25) is 0 Å². The Labute approximate surface area is 402 Å². The van der Waals surface area contributed by atoms with Gasteiger partial charge < -0.3 is 0 Å². The first kappa shape index (κ1) is 51.3. The molecule has 7 rings (SSSR count). The van der Waals surface area contributed by atoms with E-state index in [0.29, 0.717) is 29.6 Å². The highest BCUT2D eigenvalue weighted by molar-refractivity contribution is 5.83. The summed E-state index contributed by atoms with van der Waals surface area (Å²) in [6.45, 7) is 28.9. The molecular weight excluding hydrogens is 793 g/mol. The van der Waals surface area contributed by atoms with Crippen molar-refractivity contribution >= 4 is 22.3 Å². The molecule has 2 aliphatic rings. The maximum absolute atomic E-state index is 4.38. The van der Waals surface area contributed by atoms with Crippen molar-refractivity contribution in [3.63, 3.8) is 0 Å². The first-order valence-electron chi connectivity index (χ1n) is 25.1. The van der Waals surface area contributed by atoms with Crippen LogP contribution in [-0.4, -0.2) is 0 Å². The number of allylic oxidation sites excluding steroid dienone is 12. The van der Waals surface area contributed by atoms with Crippen LogP contribution in [0.3, 0.4) is 0 Å². The third-order valence-corrected chi connectivity index (χ3v) is 13.9. The summed E-state index contributed by atoms with van der Waals surface area (Å²) in [5, 5.41) is 0. The molecule has 0 radical (unpaired) electrons. The Balaban J connectivity index is 0.000000230. The van der Waals surface area contributed by atoms with Crippen LogP contribution in [0.25, 0.3) is 22.3 Å². The molecule has 2 aliphatic carbocycles. The van der Waals surface area contributed by atoms with E-state index in [9.17, 15) is 0 Å².